The lowest BCUT2D eigenvalue weighted by atomic mass is 10.0. The molecule has 0 saturated heterocycles. The Morgan fingerprint density at radius 3 is 2.56 bits per heavy atom. The van der Waals surface area contributed by atoms with Crippen LogP contribution in [0.3, 0.4) is 0 Å². The van der Waals surface area contributed by atoms with Gasteiger partial charge < -0.3 is 16.0 Å². The Labute approximate surface area is 117 Å². The zero-order valence-electron chi connectivity index (χ0n) is 11.5. The molecule has 0 spiro atoms. The van der Waals surface area contributed by atoms with Crippen LogP contribution in [0.5, 0.6) is 0 Å². The third-order valence-corrected chi connectivity index (χ3v) is 5.13. The fourth-order valence-corrected chi connectivity index (χ4v) is 3.11. The minimum atomic E-state index is 0.0429. The number of nitriles is 1. The van der Waals surface area contributed by atoms with Gasteiger partial charge in [-0.15, -0.1) is 23.1 Å². The summed E-state index contributed by atoms with van der Waals surface area (Å²) >= 11 is 3.00. The Morgan fingerprint density at radius 2 is 2.11 bits per heavy atom. The first-order valence-electron chi connectivity index (χ1n) is 5.61. The van der Waals surface area contributed by atoms with Crippen LogP contribution in [0.25, 0.3) is 0 Å². The van der Waals surface area contributed by atoms with Gasteiger partial charge in [0.1, 0.15) is 15.9 Å². The van der Waals surface area contributed by atoms with Gasteiger partial charge in [-0.3, -0.25) is 0 Å². The molecule has 0 aliphatic rings. The Bertz CT molecular complexity index is 457. The van der Waals surface area contributed by atoms with Gasteiger partial charge in [-0.05, 0) is 34.2 Å². The molecule has 18 heavy (non-hydrogen) atoms. The van der Waals surface area contributed by atoms with Crippen LogP contribution in [0, 0.1) is 11.3 Å². The Kier molecular flexibility index (Phi) is 4.91. The van der Waals surface area contributed by atoms with Gasteiger partial charge in [0.05, 0.1) is 10.6 Å². The standard InChI is InChI=1S/C12H20N4S2/c1-12(2,16(3)4)7-15-11-10(17-5)9(14)8(6-13)18-11/h15H,7,14H2,1-5H3. The summed E-state index contributed by atoms with van der Waals surface area (Å²) in [4.78, 5) is 3.73. The van der Waals surface area contributed by atoms with Crippen molar-refractivity contribution in [3.05, 3.63) is 4.88 Å². The van der Waals surface area contributed by atoms with E-state index in [0.717, 1.165) is 16.4 Å². The van der Waals surface area contributed by atoms with E-state index in [-0.39, 0.29) is 5.54 Å². The Morgan fingerprint density at radius 1 is 1.50 bits per heavy atom. The maximum atomic E-state index is 9.00. The molecule has 1 aromatic rings. The zero-order chi connectivity index (χ0) is 13.9. The topological polar surface area (TPSA) is 65.1 Å². The lowest BCUT2D eigenvalue weighted by Gasteiger charge is -2.32. The van der Waals surface area contributed by atoms with Gasteiger partial charge in [0.25, 0.3) is 0 Å². The summed E-state index contributed by atoms with van der Waals surface area (Å²) in [5.74, 6) is 0. The van der Waals surface area contributed by atoms with E-state index in [9.17, 15) is 0 Å². The summed E-state index contributed by atoms with van der Waals surface area (Å²) in [7, 11) is 4.11. The second-order valence-corrected chi connectivity index (χ2v) is 6.72. The fraction of sp³-hybridized carbons (Fsp3) is 0.583. The molecule has 0 aliphatic carbocycles. The molecule has 1 aromatic heterocycles. The number of likely N-dealkylation sites (N-methyl/N-ethyl adjacent to an activating group) is 1. The number of hydrogen-bond acceptors (Lipinski definition) is 6. The Balaban J connectivity index is 2.89. The zero-order valence-corrected chi connectivity index (χ0v) is 13.1. The molecule has 0 fully saturated rings. The highest BCUT2D eigenvalue weighted by molar-refractivity contribution is 7.99. The smallest absolute Gasteiger partial charge is 0.131 e. The summed E-state index contributed by atoms with van der Waals surface area (Å²) in [6, 6.07) is 2.14. The van der Waals surface area contributed by atoms with E-state index < -0.39 is 0 Å². The first kappa shape index (κ1) is 15.2. The molecule has 100 valence electrons. The van der Waals surface area contributed by atoms with Gasteiger partial charge in [-0.2, -0.15) is 5.26 Å². The summed E-state index contributed by atoms with van der Waals surface area (Å²) in [5.41, 5.74) is 6.58. The van der Waals surface area contributed by atoms with Gasteiger partial charge >= 0.3 is 0 Å². The van der Waals surface area contributed by atoms with E-state index in [1.54, 1.807) is 11.8 Å². The number of hydrogen-bond donors (Lipinski definition) is 2. The third-order valence-electron chi connectivity index (χ3n) is 3.10. The average molecular weight is 284 g/mol. The molecule has 0 aliphatic heterocycles. The predicted octanol–water partition coefficient (Wildman–Crippen LogP) is 2.68. The van der Waals surface area contributed by atoms with Gasteiger partial charge in [-0.1, -0.05) is 0 Å². The summed E-state index contributed by atoms with van der Waals surface area (Å²) in [6.07, 6.45) is 1.97. The molecule has 0 saturated carbocycles. The van der Waals surface area contributed by atoms with Crippen molar-refractivity contribution in [1.29, 1.82) is 5.26 Å². The van der Waals surface area contributed by atoms with Crippen LogP contribution in [-0.4, -0.2) is 37.3 Å². The molecule has 4 nitrogen and oxygen atoms in total. The van der Waals surface area contributed by atoms with Gasteiger partial charge in [-0.25, -0.2) is 0 Å². The maximum Gasteiger partial charge on any atom is 0.131 e. The van der Waals surface area contributed by atoms with Crippen LogP contribution in [0.4, 0.5) is 10.7 Å². The van der Waals surface area contributed by atoms with Crippen molar-refractivity contribution in [2.75, 3.05) is 37.9 Å². The van der Waals surface area contributed by atoms with Gasteiger partial charge in [0, 0.05) is 12.1 Å². The van der Waals surface area contributed by atoms with E-state index in [2.05, 4.69) is 44.2 Å². The number of thiophene rings is 1. The molecule has 0 atom stereocenters. The highest BCUT2D eigenvalue weighted by Gasteiger charge is 2.22. The molecule has 0 radical (unpaired) electrons. The summed E-state index contributed by atoms with van der Waals surface area (Å²) in [5, 5.41) is 13.4. The lowest BCUT2D eigenvalue weighted by Crippen LogP contribution is -2.44. The molecule has 1 rings (SSSR count). The van der Waals surface area contributed by atoms with Crippen LogP contribution in [-0.2, 0) is 0 Å². The highest BCUT2D eigenvalue weighted by Crippen LogP contribution is 2.41. The maximum absolute atomic E-state index is 9.00. The molecule has 3 N–H and O–H groups in total. The van der Waals surface area contributed by atoms with E-state index in [1.165, 1.54) is 11.3 Å². The molecule has 0 amide bonds. The Hall–Kier alpha value is -0.900. The highest BCUT2D eigenvalue weighted by atomic mass is 32.2. The van der Waals surface area contributed by atoms with Crippen molar-refractivity contribution in [3.8, 4) is 6.07 Å². The minimum absolute atomic E-state index is 0.0429. The van der Waals surface area contributed by atoms with Crippen molar-refractivity contribution >= 4 is 33.8 Å². The number of nitrogens with one attached hydrogen (secondary N) is 1. The first-order chi connectivity index (χ1) is 8.33. The minimum Gasteiger partial charge on any atom is -0.396 e. The monoisotopic (exact) mass is 284 g/mol. The van der Waals surface area contributed by atoms with Gasteiger partial charge in [0.2, 0.25) is 0 Å². The van der Waals surface area contributed by atoms with E-state index >= 15 is 0 Å². The van der Waals surface area contributed by atoms with Crippen LogP contribution < -0.4 is 11.1 Å². The van der Waals surface area contributed by atoms with Crippen molar-refractivity contribution in [2.24, 2.45) is 0 Å². The first-order valence-corrected chi connectivity index (χ1v) is 7.65. The predicted molar refractivity (Wildman–Crippen MR) is 81.5 cm³/mol. The SMILES string of the molecule is CSc1c(NCC(C)(C)N(C)C)sc(C#N)c1N. The fourth-order valence-electron chi connectivity index (χ4n) is 1.29. The van der Waals surface area contributed by atoms with Crippen molar-refractivity contribution in [3.63, 3.8) is 0 Å². The molecule has 6 heteroatoms. The van der Waals surface area contributed by atoms with Crippen LogP contribution in [0.1, 0.15) is 18.7 Å². The second kappa shape index (κ2) is 5.83. The van der Waals surface area contributed by atoms with Gasteiger partial charge in [0.15, 0.2) is 0 Å². The largest absolute Gasteiger partial charge is 0.396 e. The molecule has 0 aromatic carbocycles. The van der Waals surface area contributed by atoms with Crippen molar-refractivity contribution in [1.82, 2.24) is 4.90 Å². The van der Waals surface area contributed by atoms with Crippen molar-refractivity contribution in [2.45, 2.75) is 24.3 Å². The second-order valence-electron chi connectivity index (χ2n) is 4.88. The number of nitrogen functional groups attached to an aromatic ring is 1. The molecule has 0 unspecified atom stereocenters. The van der Waals surface area contributed by atoms with E-state index in [4.69, 9.17) is 11.0 Å². The molecule has 0 bridgehead atoms. The van der Waals surface area contributed by atoms with Crippen molar-refractivity contribution < 1.29 is 0 Å². The quantitative estimate of drug-likeness (QED) is 0.814. The van der Waals surface area contributed by atoms with Crippen LogP contribution >= 0.6 is 23.1 Å². The lowest BCUT2D eigenvalue weighted by molar-refractivity contribution is 0.210. The molecular weight excluding hydrogens is 264 g/mol. The summed E-state index contributed by atoms with van der Waals surface area (Å²) in [6.45, 7) is 5.14. The number of rotatable bonds is 5. The number of nitrogens with two attached hydrogens (primary N) is 1. The number of anilines is 2. The van der Waals surface area contributed by atoms with Crippen LogP contribution in [0.15, 0.2) is 4.90 Å². The normalized spacial score (nSPS) is 11.6. The molecular formula is C12H20N4S2. The number of thioether (sulfide) groups is 1. The average Bonchev–Trinajstić information content (AvgIpc) is 2.62. The third kappa shape index (κ3) is 3.10. The molecule has 1 heterocycles. The summed E-state index contributed by atoms with van der Waals surface area (Å²) < 4.78 is 0. The van der Waals surface area contributed by atoms with Crippen LogP contribution in [0.2, 0.25) is 0 Å². The van der Waals surface area contributed by atoms with E-state index in [0.29, 0.717) is 10.6 Å². The number of nitrogens with zero attached hydrogens (tertiary/aromatic N) is 2. The van der Waals surface area contributed by atoms with E-state index in [1.807, 2.05) is 6.26 Å².